The number of ether oxygens (including phenoxy) is 3. The maximum absolute atomic E-state index is 14.2. The van der Waals surface area contributed by atoms with Crippen molar-refractivity contribution >= 4 is 39.2 Å². The maximum atomic E-state index is 14.2. The molecule has 4 aromatic carbocycles. The molecule has 0 amide bonds. The van der Waals surface area contributed by atoms with E-state index in [0.29, 0.717) is 33.2 Å². The number of rotatable bonds is 4. The van der Waals surface area contributed by atoms with Crippen molar-refractivity contribution in [2.75, 3.05) is 13.4 Å². The molecular formula is C32H22N2O5. The molecule has 0 atom stereocenters. The molecule has 2 heterocycles. The van der Waals surface area contributed by atoms with Crippen LogP contribution in [0.1, 0.15) is 12.5 Å². The maximum Gasteiger partial charge on any atom is 0.351 e. The molecule has 0 N–H and O–H groups in total. The molecule has 39 heavy (non-hydrogen) atoms. The van der Waals surface area contributed by atoms with Gasteiger partial charge in [0.05, 0.1) is 17.6 Å². The fourth-order valence-corrected chi connectivity index (χ4v) is 4.97. The molecule has 7 heteroatoms. The van der Waals surface area contributed by atoms with E-state index in [2.05, 4.69) is 0 Å². The summed E-state index contributed by atoms with van der Waals surface area (Å²) in [5.74, 6) is 0.421. The van der Waals surface area contributed by atoms with Gasteiger partial charge in [0.1, 0.15) is 6.07 Å². The van der Waals surface area contributed by atoms with E-state index in [1.165, 1.54) is 4.57 Å². The third-order valence-electron chi connectivity index (χ3n) is 6.67. The van der Waals surface area contributed by atoms with Crippen LogP contribution in [0.25, 0.3) is 38.9 Å². The average Bonchev–Trinajstić information content (AvgIpc) is 3.44. The minimum atomic E-state index is -0.802. The first-order chi connectivity index (χ1) is 19.1. The van der Waals surface area contributed by atoms with Gasteiger partial charge >= 0.3 is 5.97 Å². The quantitative estimate of drug-likeness (QED) is 0.338. The van der Waals surface area contributed by atoms with E-state index in [-0.39, 0.29) is 29.9 Å². The molecular weight excluding hydrogens is 492 g/mol. The fraction of sp³-hybridized carbons (Fsp3) is 0.0938. The minimum absolute atomic E-state index is 0.0807. The van der Waals surface area contributed by atoms with Crippen molar-refractivity contribution in [1.29, 1.82) is 5.26 Å². The van der Waals surface area contributed by atoms with Crippen LogP contribution in [-0.4, -0.2) is 23.9 Å². The fourth-order valence-electron chi connectivity index (χ4n) is 4.97. The van der Waals surface area contributed by atoms with Gasteiger partial charge in [-0.2, -0.15) is 5.26 Å². The zero-order valence-corrected chi connectivity index (χ0v) is 21.0. The van der Waals surface area contributed by atoms with Crippen LogP contribution in [0.4, 0.5) is 0 Å². The molecule has 0 saturated carbocycles. The normalized spacial score (nSPS) is 13.4. The Balaban J connectivity index is 1.87. The second-order valence-corrected chi connectivity index (χ2v) is 8.91. The van der Waals surface area contributed by atoms with Crippen molar-refractivity contribution in [1.82, 2.24) is 4.57 Å². The van der Waals surface area contributed by atoms with Gasteiger partial charge in [-0.25, -0.2) is 4.79 Å². The number of esters is 1. The second kappa shape index (κ2) is 9.84. The van der Waals surface area contributed by atoms with E-state index < -0.39 is 5.97 Å². The summed E-state index contributed by atoms with van der Waals surface area (Å²) in [5.41, 5.74) is 0.683. The summed E-state index contributed by atoms with van der Waals surface area (Å²) in [6, 6.07) is 28.0. The van der Waals surface area contributed by atoms with Crippen LogP contribution in [0, 0.1) is 11.3 Å². The highest BCUT2D eigenvalue weighted by Gasteiger charge is 2.20. The number of fused-ring (bicyclic) bond motifs is 3. The number of nitrogens with zero attached hydrogens (tertiary/aromatic N) is 2. The SMILES string of the molecule is CCOC(=O)/C(C#N)=c1/c(=C\c2ccc3c(c2)OCO3)c2ccccc2c(=O)n1-c1cccc2ccccc12. The zero-order chi connectivity index (χ0) is 26.9. The largest absolute Gasteiger partial charge is 0.462 e. The highest BCUT2D eigenvalue weighted by atomic mass is 16.7. The first-order valence-corrected chi connectivity index (χ1v) is 12.5. The smallest absolute Gasteiger partial charge is 0.351 e. The Hall–Kier alpha value is -5.35. The molecule has 0 saturated heterocycles. The van der Waals surface area contributed by atoms with Gasteiger partial charge in [0.25, 0.3) is 5.56 Å². The molecule has 0 bridgehead atoms. The number of aromatic nitrogens is 1. The Labute approximate surface area is 223 Å². The molecule has 6 rings (SSSR count). The van der Waals surface area contributed by atoms with Crippen LogP contribution in [0.3, 0.4) is 0 Å². The van der Waals surface area contributed by atoms with Crippen molar-refractivity contribution in [3.63, 3.8) is 0 Å². The van der Waals surface area contributed by atoms with Gasteiger partial charge in [-0.15, -0.1) is 0 Å². The summed E-state index contributed by atoms with van der Waals surface area (Å²) in [6.07, 6.45) is 1.84. The lowest BCUT2D eigenvalue weighted by atomic mass is 10.0. The van der Waals surface area contributed by atoms with E-state index in [9.17, 15) is 14.9 Å². The van der Waals surface area contributed by atoms with Gasteiger partial charge in [0, 0.05) is 16.0 Å². The van der Waals surface area contributed by atoms with Crippen LogP contribution >= 0.6 is 0 Å². The van der Waals surface area contributed by atoms with Crippen LogP contribution in [0.15, 0.2) is 89.7 Å². The average molecular weight is 515 g/mol. The van der Waals surface area contributed by atoms with Crippen molar-refractivity contribution in [2.24, 2.45) is 0 Å². The second-order valence-electron chi connectivity index (χ2n) is 8.91. The van der Waals surface area contributed by atoms with Gasteiger partial charge in [0.2, 0.25) is 6.79 Å². The molecule has 7 nitrogen and oxygen atoms in total. The van der Waals surface area contributed by atoms with Crippen LogP contribution in [0.2, 0.25) is 0 Å². The summed E-state index contributed by atoms with van der Waals surface area (Å²) in [5, 5.41) is 13.7. The summed E-state index contributed by atoms with van der Waals surface area (Å²) < 4.78 is 17.8. The Bertz CT molecular complexity index is 2010. The van der Waals surface area contributed by atoms with E-state index >= 15 is 0 Å². The molecule has 1 aliphatic heterocycles. The number of hydrogen-bond donors (Lipinski definition) is 0. The van der Waals surface area contributed by atoms with Crippen molar-refractivity contribution in [3.8, 4) is 23.3 Å². The van der Waals surface area contributed by atoms with Gasteiger partial charge in [0.15, 0.2) is 17.1 Å². The number of carbonyl (C=O) groups excluding carboxylic acids is 1. The Morgan fingerprint density at radius 3 is 2.46 bits per heavy atom. The van der Waals surface area contributed by atoms with Crippen LogP contribution in [-0.2, 0) is 9.53 Å². The number of carbonyl (C=O) groups is 1. The lowest BCUT2D eigenvalue weighted by Crippen LogP contribution is -2.45. The van der Waals surface area contributed by atoms with Crippen LogP contribution < -0.4 is 25.6 Å². The lowest BCUT2D eigenvalue weighted by Gasteiger charge is -2.15. The lowest BCUT2D eigenvalue weighted by molar-refractivity contribution is -0.136. The van der Waals surface area contributed by atoms with Crippen LogP contribution in [0.5, 0.6) is 11.5 Å². The molecule has 0 radical (unpaired) electrons. The Morgan fingerprint density at radius 2 is 1.67 bits per heavy atom. The van der Waals surface area contributed by atoms with E-state index in [1.807, 2.05) is 78.9 Å². The predicted molar refractivity (Wildman–Crippen MR) is 148 cm³/mol. The summed E-state index contributed by atoms with van der Waals surface area (Å²) in [6.45, 7) is 1.89. The molecule has 0 fully saturated rings. The van der Waals surface area contributed by atoms with Gasteiger partial charge < -0.3 is 14.2 Å². The van der Waals surface area contributed by atoms with E-state index in [4.69, 9.17) is 14.2 Å². The molecule has 0 aliphatic carbocycles. The molecule has 190 valence electrons. The monoisotopic (exact) mass is 514 g/mol. The molecule has 1 aromatic heterocycles. The number of pyridine rings is 1. The molecule has 1 aliphatic rings. The highest BCUT2D eigenvalue weighted by Crippen LogP contribution is 2.32. The summed E-state index contributed by atoms with van der Waals surface area (Å²) in [7, 11) is 0. The topological polar surface area (TPSA) is 90.6 Å². The molecule has 5 aromatic rings. The first kappa shape index (κ1) is 24.0. The highest BCUT2D eigenvalue weighted by molar-refractivity contribution is 6.15. The van der Waals surface area contributed by atoms with Gasteiger partial charge in [-0.3, -0.25) is 9.36 Å². The minimum Gasteiger partial charge on any atom is -0.462 e. The van der Waals surface area contributed by atoms with Gasteiger partial charge in [-0.05, 0) is 53.6 Å². The van der Waals surface area contributed by atoms with Gasteiger partial charge in [-0.1, -0.05) is 60.7 Å². The zero-order valence-electron chi connectivity index (χ0n) is 21.0. The predicted octanol–water partition coefficient (Wildman–Crippen LogP) is 3.94. The third kappa shape index (κ3) is 4.09. The third-order valence-corrected chi connectivity index (χ3v) is 6.67. The van der Waals surface area contributed by atoms with E-state index in [1.54, 1.807) is 25.1 Å². The molecule has 0 unspecified atom stereocenters. The van der Waals surface area contributed by atoms with Crippen molar-refractivity contribution in [3.05, 3.63) is 111 Å². The first-order valence-electron chi connectivity index (χ1n) is 12.5. The van der Waals surface area contributed by atoms with Crippen molar-refractivity contribution < 1.29 is 19.0 Å². The number of hydrogen-bond acceptors (Lipinski definition) is 6. The Morgan fingerprint density at radius 1 is 0.949 bits per heavy atom. The van der Waals surface area contributed by atoms with Crippen molar-refractivity contribution in [2.45, 2.75) is 6.92 Å². The van der Waals surface area contributed by atoms with E-state index in [0.717, 1.165) is 16.3 Å². The standard InChI is InChI=1S/C32H22N2O5/c1-2-37-32(36)26(18-33)30-25(16-20-14-15-28-29(17-20)39-19-38-28)23-11-5-6-12-24(23)31(35)34(30)27-13-7-9-21-8-3-4-10-22(21)27/h3-17H,2,19H2,1H3/b25-16-,30-26-. The Kier molecular flexibility index (Phi) is 6.06. The summed E-state index contributed by atoms with van der Waals surface area (Å²) >= 11 is 0. The number of benzene rings is 4. The summed E-state index contributed by atoms with van der Waals surface area (Å²) in [4.78, 5) is 27.4. The molecule has 0 spiro atoms. The number of nitriles is 1.